The van der Waals surface area contributed by atoms with Crippen LogP contribution in [-0.2, 0) is 13.0 Å². The second kappa shape index (κ2) is 4.94. The number of fused-ring (bicyclic) bond motifs is 1. The predicted octanol–water partition coefficient (Wildman–Crippen LogP) is 2.79. The van der Waals surface area contributed by atoms with E-state index < -0.39 is 0 Å². The minimum Gasteiger partial charge on any atom is -0.493 e. The third-order valence-electron chi connectivity index (χ3n) is 2.85. The number of halogens is 1. The largest absolute Gasteiger partial charge is 0.493 e. The SMILES string of the molecule is Brc1cc2c(c(CNc3cnccn3)c1)OCC2. The Kier molecular flexibility index (Phi) is 3.15. The summed E-state index contributed by atoms with van der Waals surface area (Å²) in [6, 6.07) is 4.20. The Morgan fingerprint density at radius 2 is 2.28 bits per heavy atom. The van der Waals surface area contributed by atoms with Crippen LogP contribution in [0.2, 0.25) is 0 Å². The molecule has 0 aliphatic carbocycles. The minimum atomic E-state index is 0.681. The molecule has 2 aromatic rings. The van der Waals surface area contributed by atoms with Crippen LogP contribution in [0.1, 0.15) is 11.1 Å². The van der Waals surface area contributed by atoms with Crippen molar-refractivity contribution in [2.45, 2.75) is 13.0 Å². The lowest BCUT2D eigenvalue weighted by molar-refractivity contribution is 0.354. The fourth-order valence-electron chi connectivity index (χ4n) is 2.05. The molecule has 0 fully saturated rings. The van der Waals surface area contributed by atoms with E-state index in [0.29, 0.717) is 6.54 Å². The van der Waals surface area contributed by atoms with Gasteiger partial charge in [-0.3, -0.25) is 4.98 Å². The molecule has 92 valence electrons. The van der Waals surface area contributed by atoms with Gasteiger partial charge in [0.15, 0.2) is 0 Å². The Morgan fingerprint density at radius 3 is 3.11 bits per heavy atom. The number of hydrogen-bond acceptors (Lipinski definition) is 4. The molecule has 0 saturated heterocycles. The van der Waals surface area contributed by atoms with Crippen LogP contribution in [0.3, 0.4) is 0 Å². The van der Waals surface area contributed by atoms with Crippen LogP contribution >= 0.6 is 15.9 Å². The zero-order valence-corrected chi connectivity index (χ0v) is 11.3. The van der Waals surface area contributed by atoms with Crippen LogP contribution in [0.15, 0.2) is 35.2 Å². The zero-order chi connectivity index (χ0) is 12.4. The molecule has 5 heteroatoms. The summed E-state index contributed by atoms with van der Waals surface area (Å²) in [5.41, 5.74) is 2.41. The molecule has 1 aromatic carbocycles. The number of nitrogens with one attached hydrogen (secondary N) is 1. The fourth-order valence-corrected chi connectivity index (χ4v) is 2.61. The number of rotatable bonds is 3. The Bertz CT molecular complexity index is 560. The van der Waals surface area contributed by atoms with Gasteiger partial charge >= 0.3 is 0 Å². The standard InChI is InChI=1S/C13H12BrN3O/c14-11-5-9-1-4-18-13(9)10(6-11)7-17-12-8-15-2-3-16-12/h2-3,5-6,8H,1,4,7H2,(H,16,17). The van der Waals surface area contributed by atoms with Crippen molar-refractivity contribution in [3.8, 4) is 5.75 Å². The van der Waals surface area contributed by atoms with Crippen molar-refractivity contribution in [2.24, 2.45) is 0 Å². The quantitative estimate of drug-likeness (QED) is 0.947. The highest BCUT2D eigenvalue weighted by atomic mass is 79.9. The van der Waals surface area contributed by atoms with E-state index in [1.54, 1.807) is 18.6 Å². The van der Waals surface area contributed by atoms with Gasteiger partial charge in [-0.25, -0.2) is 4.98 Å². The summed E-state index contributed by atoms with van der Waals surface area (Å²) in [5.74, 6) is 1.78. The van der Waals surface area contributed by atoms with E-state index in [-0.39, 0.29) is 0 Å². The van der Waals surface area contributed by atoms with Gasteiger partial charge in [0, 0.05) is 35.4 Å². The Hall–Kier alpha value is -1.62. The molecule has 0 unspecified atom stereocenters. The lowest BCUT2D eigenvalue weighted by Gasteiger charge is -2.10. The van der Waals surface area contributed by atoms with Crippen molar-refractivity contribution in [3.63, 3.8) is 0 Å². The maximum absolute atomic E-state index is 5.68. The molecule has 1 aromatic heterocycles. The van der Waals surface area contributed by atoms with Gasteiger partial charge in [-0.05, 0) is 17.7 Å². The summed E-state index contributed by atoms with van der Waals surface area (Å²) in [7, 11) is 0. The van der Waals surface area contributed by atoms with Crippen LogP contribution < -0.4 is 10.1 Å². The van der Waals surface area contributed by atoms with Crippen LogP contribution in [0.5, 0.6) is 5.75 Å². The van der Waals surface area contributed by atoms with E-state index in [4.69, 9.17) is 4.74 Å². The van der Waals surface area contributed by atoms with E-state index in [1.807, 2.05) is 0 Å². The number of aromatic nitrogens is 2. The van der Waals surface area contributed by atoms with Gasteiger partial charge in [0.2, 0.25) is 0 Å². The number of hydrogen-bond donors (Lipinski definition) is 1. The third kappa shape index (κ3) is 2.31. The molecule has 0 saturated carbocycles. The first kappa shape index (κ1) is 11.5. The van der Waals surface area contributed by atoms with E-state index >= 15 is 0 Å². The van der Waals surface area contributed by atoms with Gasteiger partial charge in [0.1, 0.15) is 11.6 Å². The highest BCUT2D eigenvalue weighted by Crippen LogP contribution is 2.33. The summed E-state index contributed by atoms with van der Waals surface area (Å²) in [5, 5.41) is 3.24. The van der Waals surface area contributed by atoms with E-state index in [2.05, 4.69) is 43.3 Å². The molecular weight excluding hydrogens is 294 g/mol. The summed E-state index contributed by atoms with van der Waals surface area (Å²) >= 11 is 3.53. The second-order valence-corrected chi connectivity index (χ2v) is 5.01. The average molecular weight is 306 g/mol. The molecule has 0 amide bonds. The monoisotopic (exact) mass is 305 g/mol. The number of anilines is 1. The molecule has 0 atom stereocenters. The first-order chi connectivity index (χ1) is 8.83. The highest BCUT2D eigenvalue weighted by Gasteiger charge is 2.17. The molecule has 1 aliphatic rings. The number of ether oxygens (including phenoxy) is 1. The minimum absolute atomic E-state index is 0.681. The smallest absolute Gasteiger partial charge is 0.144 e. The van der Waals surface area contributed by atoms with Crippen molar-refractivity contribution < 1.29 is 4.74 Å². The third-order valence-corrected chi connectivity index (χ3v) is 3.31. The van der Waals surface area contributed by atoms with E-state index in [0.717, 1.165) is 34.6 Å². The molecule has 4 nitrogen and oxygen atoms in total. The topological polar surface area (TPSA) is 47.0 Å². The summed E-state index contributed by atoms with van der Waals surface area (Å²) in [6.45, 7) is 1.45. The van der Waals surface area contributed by atoms with Crippen molar-refractivity contribution in [1.29, 1.82) is 0 Å². The Morgan fingerprint density at radius 1 is 1.33 bits per heavy atom. The molecule has 2 heterocycles. The van der Waals surface area contributed by atoms with Gasteiger partial charge in [0.25, 0.3) is 0 Å². The predicted molar refractivity (Wildman–Crippen MR) is 72.7 cm³/mol. The van der Waals surface area contributed by atoms with E-state index in [1.165, 1.54) is 5.56 Å². The molecule has 3 rings (SSSR count). The maximum Gasteiger partial charge on any atom is 0.144 e. The summed E-state index contributed by atoms with van der Waals surface area (Å²) < 4.78 is 6.76. The maximum atomic E-state index is 5.68. The van der Waals surface area contributed by atoms with Gasteiger partial charge in [-0.2, -0.15) is 0 Å². The lowest BCUT2D eigenvalue weighted by Crippen LogP contribution is -2.03. The van der Waals surface area contributed by atoms with E-state index in [9.17, 15) is 0 Å². The fraction of sp³-hybridized carbons (Fsp3) is 0.231. The van der Waals surface area contributed by atoms with Gasteiger partial charge < -0.3 is 10.1 Å². The number of nitrogens with zero attached hydrogens (tertiary/aromatic N) is 2. The Balaban J connectivity index is 1.81. The van der Waals surface area contributed by atoms with Crippen LogP contribution in [0, 0.1) is 0 Å². The first-order valence-electron chi connectivity index (χ1n) is 5.77. The highest BCUT2D eigenvalue weighted by molar-refractivity contribution is 9.10. The normalized spacial score (nSPS) is 12.9. The molecule has 18 heavy (non-hydrogen) atoms. The first-order valence-corrected chi connectivity index (χ1v) is 6.56. The molecule has 1 N–H and O–H groups in total. The molecule has 0 spiro atoms. The number of benzene rings is 1. The lowest BCUT2D eigenvalue weighted by atomic mass is 10.1. The van der Waals surface area contributed by atoms with Crippen molar-refractivity contribution in [3.05, 3.63) is 46.3 Å². The van der Waals surface area contributed by atoms with Gasteiger partial charge in [-0.1, -0.05) is 15.9 Å². The average Bonchev–Trinajstić information content (AvgIpc) is 2.85. The summed E-state index contributed by atoms with van der Waals surface area (Å²) in [6.07, 6.45) is 6.02. The van der Waals surface area contributed by atoms with Crippen LogP contribution in [0.25, 0.3) is 0 Å². The molecule has 0 bridgehead atoms. The zero-order valence-electron chi connectivity index (χ0n) is 9.69. The Labute approximate surface area is 114 Å². The van der Waals surface area contributed by atoms with Crippen LogP contribution in [-0.4, -0.2) is 16.6 Å². The van der Waals surface area contributed by atoms with Crippen molar-refractivity contribution in [2.75, 3.05) is 11.9 Å². The molecule has 1 aliphatic heterocycles. The molecular formula is C13H12BrN3O. The van der Waals surface area contributed by atoms with Gasteiger partial charge in [-0.15, -0.1) is 0 Å². The van der Waals surface area contributed by atoms with Gasteiger partial charge in [0.05, 0.1) is 12.8 Å². The van der Waals surface area contributed by atoms with Crippen molar-refractivity contribution in [1.82, 2.24) is 9.97 Å². The van der Waals surface area contributed by atoms with Crippen LogP contribution in [0.4, 0.5) is 5.82 Å². The second-order valence-electron chi connectivity index (χ2n) is 4.10. The van der Waals surface area contributed by atoms with Crippen molar-refractivity contribution >= 4 is 21.7 Å². The molecule has 0 radical (unpaired) electrons. The summed E-state index contributed by atoms with van der Waals surface area (Å²) in [4.78, 5) is 8.21.